The molecule has 3 aromatic rings. The number of aromatic nitrogens is 1. The molecule has 19 heavy (non-hydrogen) atoms. The molecule has 0 spiro atoms. The molecule has 0 bridgehead atoms. The summed E-state index contributed by atoms with van der Waals surface area (Å²) in [6.07, 6.45) is 0. The first-order chi connectivity index (χ1) is 9.30. The Bertz CT molecular complexity index is 873. The summed E-state index contributed by atoms with van der Waals surface area (Å²) in [6.45, 7) is 2.88. The molecule has 1 heterocycles. The van der Waals surface area contributed by atoms with Gasteiger partial charge in [-0.2, -0.15) is 10.5 Å². The first kappa shape index (κ1) is 11.3. The predicted octanol–water partition coefficient (Wildman–Crippen LogP) is 3.56. The van der Waals surface area contributed by atoms with E-state index in [-0.39, 0.29) is 0 Å². The molecule has 0 aliphatic carbocycles. The Hall–Kier alpha value is -2.78. The highest BCUT2D eigenvalue weighted by Gasteiger charge is 2.13. The fourth-order valence-electron chi connectivity index (χ4n) is 2.67. The standard InChI is InChI=1S/C16H11N3/c1-2-19-14-6-4-3-5-13(14)16-12(10-18)7-11(9-17)8-15(16)19/h3-8H,2H2,1H3. The molecule has 0 N–H and O–H groups in total. The van der Waals surface area contributed by atoms with Crippen molar-refractivity contribution in [1.82, 2.24) is 4.57 Å². The molecule has 3 rings (SSSR count). The third-order valence-corrected chi connectivity index (χ3v) is 3.44. The second-order valence-corrected chi connectivity index (χ2v) is 4.40. The highest BCUT2D eigenvalue weighted by Crippen LogP contribution is 2.32. The van der Waals surface area contributed by atoms with Crippen molar-refractivity contribution in [2.75, 3.05) is 0 Å². The molecule has 0 radical (unpaired) electrons. The number of benzene rings is 2. The van der Waals surface area contributed by atoms with Gasteiger partial charge in [0.15, 0.2) is 0 Å². The highest BCUT2D eigenvalue weighted by atomic mass is 15.0. The van der Waals surface area contributed by atoms with E-state index >= 15 is 0 Å². The molecule has 1 aromatic heterocycles. The van der Waals surface area contributed by atoms with Crippen LogP contribution in [0.3, 0.4) is 0 Å². The van der Waals surface area contributed by atoms with Gasteiger partial charge in [-0.1, -0.05) is 18.2 Å². The maximum atomic E-state index is 9.33. The average molecular weight is 245 g/mol. The Kier molecular flexibility index (Phi) is 2.47. The van der Waals surface area contributed by atoms with Crippen LogP contribution in [0.1, 0.15) is 18.1 Å². The molecule has 0 aliphatic heterocycles. The summed E-state index contributed by atoms with van der Waals surface area (Å²) in [5, 5.41) is 20.4. The third kappa shape index (κ3) is 1.49. The number of nitriles is 2. The lowest BCUT2D eigenvalue weighted by atomic mass is 10.0. The molecular formula is C16H11N3. The number of fused-ring (bicyclic) bond motifs is 3. The molecule has 0 amide bonds. The van der Waals surface area contributed by atoms with Gasteiger partial charge in [-0.05, 0) is 25.1 Å². The summed E-state index contributed by atoms with van der Waals surface area (Å²) in [5.41, 5.74) is 3.16. The average Bonchev–Trinajstić information content (AvgIpc) is 2.79. The minimum absolute atomic E-state index is 0.529. The second kappa shape index (κ2) is 4.15. The van der Waals surface area contributed by atoms with Crippen molar-refractivity contribution in [3.8, 4) is 12.1 Å². The van der Waals surface area contributed by atoms with Crippen LogP contribution in [0, 0.1) is 22.7 Å². The van der Waals surface area contributed by atoms with Crippen LogP contribution in [0.2, 0.25) is 0 Å². The van der Waals surface area contributed by atoms with Gasteiger partial charge in [0.2, 0.25) is 0 Å². The Balaban J connectivity index is 2.64. The molecule has 0 unspecified atom stereocenters. The highest BCUT2D eigenvalue weighted by molar-refractivity contribution is 6.11. The van der Waals surface area contributed by atoms with Gasteiger partial charge in [-0.3, -0.25) is 0 Å². The van der Waals surface area contributed by atoms with Crippen molar-refractivity contribution in [2.24, 2.45) is 0 Å². The number of para-hydroxylation sites is 1. The van der Waals surface area contributed by atoms with Crippen molar-refractivity contribution >= 4 is 21.8 Å². The van der Waals surface area contributed by atoms with Crippen LogP contribution < -0.4 is 0 Å². The fourth-order valence-corrected chi connectivity index (χ4v) is 2.67. The molecule has 3 nitrogen and oxygen atoms in total. The van der Waals surface area contributed by atoms with Crippen molar-refractivity contribution in [3.05, 3.63) is 47.5 Å². The summed E-state index contributed by atoms with van der Waals surface area (Å²) in [4.78, 5) is 0. The molecule has 0 fully saturated rings. The summed E-state index contributed by atoms with van der Waals surface area (Å²) in [7, 11) is 0. The van der Waals surface area contributed by atoms with E-state index in [0.717, 1.165) is 28.4 Å². The van der Waals surface area contributed by atoms with E-state index in [1.165, 1.54) is 0 Å². The lowest BCUT2D eigenvalue weighted by Crippen LogP contribution is -1.93. The van der Waals surface area contributed by atoms with E-state index in [0.29, 0.717) is 11.1 Å². The molecule has 3 heteroatoms. The SMILES string of the molecule is CCn1c2ccccc2c2c(C#N)cc(C#N)cc21. The third-order valence-electron chi connectivity index (χ3n) is 3.44. The van der Waals surface area contributed by atoms with Crippen molar-refractivity contribution < 1.29 is 0 Å². The minimum atomic E-state index is 0.529. The topological polar surface area (TPSA) is 52.5 Å². The van der Waals surface area contributed by atoms with Crippen LogP contribution in [-0.2, 0) is 6.54 Å². The lowest BCUT2D eigenvalue weighted by molar-refractivity contribution is 0.827. The Labute approximate surface area is 110 Å². The van der Waals surface area contributed by atoms with Gasteiger partial charge < -0.3 is 4.57 Å². The monoisotopic (exact) mass is 245 g/mol. The van der Waals surface area contributed by atoms with Crippen molar-refractivity contribution in [2.45, 2.75) is 13.5 Å². The summed E-state index contributed by atoms with van der Waals surface area (Å²) in [6, 6.07) is 15.9. The van der Waals surface area contributed by atoms with Crippen LogP contribution in [0.4, 0.5) is 0 Å². The number of hydrogen-bond acceptors (Lipinski definition) is 2. The fraction of sp³-hybridized carbons (Fsp3) is 0.125. The zero-order valence-corrected chi connectivity index (χ0v) is 10.5. The molecule has 0 saturated carbocycles. The van der Waals surface area contributed by atoms with Crippen molar-refractivity contribution in [3.63, 3.8) is 0 Å². The number of hydrogen-bond donors (Lipinski definition) is 0. The molecule has 0 aliphatic rings. The van der Waals surface area contributed by atoms with Gasteiger partial charge in [-0.15, -0.1) is 0 Å². The van der Waals surface area contributed by atoms with Crippen LogP contribution >= 0.6 is 0 Å². The number of rotatable bonds is 1. The Morgan fingerprint density at radius 1 is 1.05 bits per heavy atom. The van der Waals surface area contributed by atoms with E-state index in [4.69, 9.17) is 5.26 Å². The summed E-state index contributed by atoms with van der Waals surface area (Å²) >= 11 is 0. The molecular weight excluding hydrogens is 234 g/mol. The first-order valence-corrected chi connectivity index (χ1v) is 6.15. The van der Waals surface area contributed by atoms with Crippen LogP contribution in [-0.4, -0.2) is 4.57 Å². The van der Waals surface area contributed by atoms with Crippen LogP contribution in [0.15, 0.2) is 36.4 Å². The van der Waals surface area contributed by atoms with E-state index < -0.39 is 0 Å². The van der Waals surface area contributed by atoms with Gasteiger partial charge in [0, 0.05) is 22.8 Å². The molecule has 2 aromatic carbocycles. The summed E-state index contributed by atoms with van der Waals surface area (Å²) < 4.78 is 2.15. The molecule has 90 valence electrons. The smallest absolute Gasteiger partial charge is 0.0999 e. The van der Waals surface area contributed by atoms with E-state index in [2.05, 4.69) is 23.6 Å². The number of aryl methyl sites for hydroxylation is 1. The maximum Gasteiger partial charge on any atom is 0.0999 e. The lowest BCUT2D eigenvalue weighted by Gasteiger charge is -2.03. The first-order valence-electron chi connectivity index (χ1n) is 6.15. The largest absolute Gasteiger partial charge is 0.341 e. The predicted molar refractivity (Wildman–Crippen MR) is 74.5 cm³/mol. The van der Waals surface area contributed by atoms with Crippen LogP contribution in [0.25, 0.3) is 21.8 Å². The quantitative estimate of drug-likeness (QED) is 0.658. The van der Waals surface area contributed by atoms with E-state index in [1.807, 2.05) is 30.3 Å². The van der Waals surface area contributed by atoms with Gasteiger partial charge in [0.05, 0.1) is 28.8 Å². The zero-order valence-electron chi connectivity index (χ0n) is 10.5. The van der Waals surface area contributed by atoms with E-state index in [9.17, 15) is 5.26 Å². The summed E-state index contributed by atoms with van der Waals surface area (Å²) in [5.74, 6) is 0. The molecule has 0 saturated heterocycles. The Morgan fingerprint density at radius 2 is 1.84 bits per heavy atom. The maximum absolute atomic E-state index is 9.33. The second-order valence-electron chi connectivity index (χ2n) is 4.40. The van der Waals surface area contributed by atoms with Gasteiger partial charge in [0.1, 0.15) is 0 Å². The minimum Gasteiger partial charge on any atom is -0.341 e. The zero-order chi connectivity index (χ0) is 13.4. The van der Waals surface area contributed by atoms with Gasteiger partial charge in [0.25, 0.3) is 0 Å². The molecule has 0 atom stereocenters. The number of nitrogens with zero attached hydrogens (tertiary/aromatic N) is 3. The van der Waals surface area contributed by atoms with Crippen molar-refractivity contribution in [1.29, 1.82) is 10.5 Å². The van der Waals surface area contributed by atoms with E-state index in [1.54, 1.807) is 6.07 Å². The van der Waals surface area contributed by atoms with Gasteiger partial charge in [-0.25, -0.2) is 0 Å². The Morgan fingerprint density at radius 3 is 2.53 bits per heavy atom. The van der Waals surface area contributed by atoms with Gasteiger partial charge >= 0.3 is 0 Å². The normalized spacial score (nSPS) is 10.5. The van der Waals surface area contributed by atoms with Crippen LogP contribution in [0.5, 0.6) is 0 Å².